The van der Waals surface area contributed by atoms with Gasteiger partial charge < -0.3 is 24.6 Å². The standard InChI is InChI=1S/C20H32N4O2/c1-21-20(22-11-10-16-6-8-17(9-7-16)23(2)3)24-12-14-26-19(15-24)18-5-4-13-25-18/h6-9,18-19H,4-5,10-15H2,1-3H3,(H,21,22). The second kappa shape index (κ2) is 9.24. The molecule has 2 fully saturated rings. The highest BCUT2D eigenvalue weighted by Crippen LogP contribution is 2.21. The van der Waals surface area contributed by atoms with Crippen LogP contribution in [0.2, 0.25) is 0 Å². The molecule has 2 unspecified atom stereocenters. The van der Waals surface area contributed by atoms with Crippen molar-refractivity contribution in [3.8, 4) is 0 Å². The SMILES string of the molecule is CN=C(NCCc1ccc(N(C)C)cc1)N1CCOC(C2CCCO2)C1. The Labute approximate surface area is 157 Å². The van der Waals surface area contributed by atoms with Crippen molar-refractivity contribution < 1.29 is 9.47 Å². The zero-order chi connectivity index (χ0) is 18.4. The molecule has 0 aromatic heterocycles. The van der Waals surface area contributed by atoms with Gasteiger partial charge in [-0.25, -0.2) is 0 Å². The Hall–Kier alpha value is -1.79. The van der Waals surface area contributed by atoms with Crippen LogP contribution >= 0.6 is 0 Å². The number of benzene rings is 1. The normalized spacial score (nSPS) is 24.0. The van der Waals surface area contributed by atoms with E-state index in [1.54, 1.807) is 0 Å². The van der Waals surface area contributed by atoms with E-state index in [0.717, 1.165) is 58.1 Å². The molecule has 0 spiro atoms. The number of anilines is 1. The van der Waals surface area contributed by atoms with Crippen LogP contribution < -0.4 is 10.2 Å². The summed E-state index contributed by atoms with van der Waals surface area (Å²) < 4.78 is 11.7. The number of aliphatic imine (C=N–C) groups is 1. The molecule has 0 saturated carbocycles. The van der Waals surface area contributed by atoms with Crippen LogP contribution in [0.25, 0.3) is 0 Å². The molecule has 0 bridgehead atoms. The number of hydrogen-bond acceptors (Lipinski definition) is 4. The van der Waals surface area contributed by atoms with Crippen molar-refractivity contribution in [3.05, 3.63) is 29.8 Å². The van der Waals surface area contributed by atoms with Crippen LogP contribution in [0.1, 0.15) is 18.4 Å². The summed E-state index contributed by atoms with van der Waals surface area (Å²) in [6.45, 7) is 4.19. The lowest BCUT2D eigenvalue weighted by molar-refractivity contribution is -0.0816. The summed E-state index contributed by atoms with van der Waals surface area (Å²) in [7, 11) is 5.98. The Balaban J connectivity index is 1.48. The van der Waals surface area contributed by atoms with Gasteiger partial charge >= 0.3 is 0 Å². The van der Waals surface area contributed by atoms with Crippen LogP contribution in [0.4, 0.5) is 5.69 Å². The summed E-state index contributed by atoms with van der Waals surface area (Å²) in [6.07, 6.45) is 3.62. The Morgan fingerprint density at radius 1 is 1.19 bits per heavy atom. The van der Waals surface area contributed by atoms with Crippen molar-refractivity contribution >= 4 is 11.6 Å². The highest BCUT2D eigenvalue weighted by atomic mass is 16.5. The van der Waals surface area contributed by atoms with Gasteiger partial charge in [-0.05, 0) is 37.0 Å². The summed E-state index contributed by atoms with van der Waals surface area (Å²) in [5, 5.41) is 3.51. The number of rotatable bonds is 5. The topological polar surface area (TPSA) is 49.3 Å². The molecule has 2 heterocycles. The summed E-state index contributed by atoms with van der Waals surface area (Å²) in [5.41, 5.74) is 2.56. The molecular weight excluding hydrogens is 328 g/mol. The van der Waals surface area contributed by atoms with E-state index in [1.807, 2.05) is 7.05 Å². The smallest absolute Gasteiger partial charge is 0.193 e. The average molecular weight is 361 g/mol. The van der Waals surface area contributed by atoms with Crippen molar-refractivity contribution in [3.63, 3.8) is 0 Å². The second-order valence-electron chi connectivity index (χ2n) is 7.19. The van der Waals surface area contributed by atoms with Crippen LogP contribution in [-0.2, 0) is 15.9 Å². The largest absolute Gasteiger partial charge is 0.378 e. The highest BCUT2D eigenvalue weighted by molar-refractivity contribution is 5.80. The number of ether oxygens (including phenoxy) is 2. The number of guanidine groups is 1. The lowest BCUT2D eigenvalue weighted by atomic mass is 10.1. The first-order valence-corrected chi connectivity index (χ1v) is 9.62. The summed E-state index contributed by atoms with van der Waals surface area (Å²) in [4.78, 5) is 8.88. The molecule has 144 valence electrons. The number of nitrogens with one attached hydrogen (secondary N) is 1. The molecule has 2 aliphatic heterocycles. The van der Waals surface area contributed by atoms with Gasteiger partial charge in [-0.15, -0.1) is 0 Å². The van der Waals surface area contributed by atoms with Crippen LogP contribution in [0.15, 0.2) is 29.3 Å². The molecule has 2 aliphatic rings. The van der Waals surface area contributed by atoms with Crippen LogP contribution in [0, 0.1) is 0 Å². The second-order valence-corrected chi connectivity index (χ2v) is 7.19. The van der Waals surface area contributed by atoms with Gasteiger partial charge in [0.15, 0.2) is 5.96 Å². The van der Waals surface area contributed by atoms with Crippen molar-refractivity contribution in [1.82, 2.24) is 10.2 Å². The van der Waals surface area contributed by atoms with Crippen molar-refractivity contribution in [2.45, 2.75) is 31.5 Å². The summed E-state index contributed by atoms with van der Waals surface area (Å²) >= 11 is 0. The molecule has 3 rings (SSSR count). The first-order valence-electron chi connectivity index (χ1n) is 9.62. The molecule has 26 heavy (non-hydrogen) atoms. The third kappa shape index (κ3) is 4.89. The van der Waals surface area contributed by atoms with Gasteiger partial charge in [0.25, 0.3) is 0 Å². The van der Waals surface area contributed by atoms with Crippen LogP contribution in [0.3, 0.4) is 0 Å². The molecule has 1 N–H and O–H groups in total. The lowest BCUT2D eigenvalue weighted by Gasteiger charge is -2.37. The molecule has 0 radical (unpaired) electrons. The average Bonchev–Trinajstić information content (AvgIpc) is 3.20. The van der Waals surface area contributed by atoms with Crippen LogP contribution in [0.5, 0.6) is 0 Å². The molecule has 2 atom stereocenters. The zero-order valence-corrected chi connectivity index (χ0v) is 16.3. The number of nitrogens with zero attached hydrogens (tertiary/aromatic N) is 3. The predicted octanol–water partition coefficient (Wildman–Crippen LogP) is 1.75. The van der Waals surface area contributed by atoms with Gasteiger partial charge in [0.1, 0.15) is 6.10 Å². The molecule has 1 aromatic carbocycles. The Kier molecular flexibility index (Phi) is 6.74. The quantitative estimate of drug-likeness (QED) is 0.640. The van der Waals surface area contributed by atoms with E-state index in [1.165, 1.54) is 11.3 Å². The van der Waals surface area contributed by atoms with E-state index in [2.05, 4.69) is 58.5 Å². The van der Waals surface area contributed by atoms with Crippen molar-refractivity contribution in [1.29, 1.82) is 0 Å². The van der Waals surface area contributed by atoms with Gasteiger partial charge in [-0.1, -0.05) is 12.1 Å². The maximum atomic E-state index is 5.94. The zero-order valence-electron chi connectivity index (χ0n) is 16.3. The van der Waals surface area contributed by atoms with Gasteiger partial charge in [0.2, 0.25) is 0 Å². The maximum Gasteiger partial charge on any atom is 0.193 e. The van der Waals surface area contributed by atoms with E-state index >= 15 is 0 Å². The van der Waals surface area contributed by atoms with E-state index < -0.39 is 0 Å². The lowest BCUT2D eigenvalue weighted by Crippen LogP contribution is -2.53. The fraction of sp³-hybridized carbons (Fsp3) is 0.650. The number of hydrogen-bond donors (Lipinski definition) is 1. The van der Waals surface area contributed by atoms with E-state index in [0.29, 0.717) is 0 Å². The Morgan fingerprint density at radius 3 is 2.62 bits per heavy atom. The fourth-order valence-electron chi connectivity index (χ4n) is 3.60. The summed E-state index contributed by atoms with van der Waals surface area (Å²) in [5.74, 6) is 0.959. The minimum absolute atomic E-state index is 0.156. The minimum Gasteiger partial charge on any atom is -0.378 e. The summed E-state index contributed by atoms with van der Waals surface area (Å²) in [6, 6.07) is 8.72. The maximum absolute atomic E-state index is 5.94. The predicted molar refractivity (Wildman–Crippen MR) is 106 cm³/mol. The van der Waals surface area contributed by atoms with Gasteiger partial charge in [-0.3, -0.25) is 4.99 Å². The molecule has 2 saturated heterocycles. The molecule has 1 aromatic rings. The minimum atomic E-state index is 0.156. The van der Waals surface area contributed by atoms with Crippen molar-refractivity contribution in [2.24, 2.45) is 4.99 Å². The third-order valence-corrected chi connectivity index (χ3v) is 5.13. The monoisotopic (exact) mass is 360 g/mol. The first-order chi connectivity index (χ1) is 12.7. The van der Waals surface area contributed by atoms with Gasteiger partial charge in [0.05, 0.1) is 12.7 Å². The Morgan fingerprint density at radius 2 is 1.96 bits per heavy atom. The molecule has 0 amide bonds. The molecule has 0 aliphatic carbocycles. The van der Waals surface area contributed by atoms with Crippen molar-refractivity contribution in [2.75, 3.05) is 58.9 Å². The number of morpholine rings is 1. The van der Waals surface area contributed by atoms with E-state index in [9.17, 15) is 0 Å². The molecule has 6 nitrogen and oxygen atoms in total. The third-order valence-electron chi connectivity index (χ3n) is 5.13. The van der Waals surface area contributed by atoms with E-state index in [4.69, 9.17) is 9.47 Å². The van der Waals surface area contributed by atoms with E-state index in [-0.39, 0.29) is 12.2 Å². The van der Waals surface area contributed by atoms with Gasteiger partial charge in [0, 0.05) is 53.1 Å². The van der Waals surface area contributed by atoms with Gasteiger partial charge in [-0.2, -0.15) is 0 Å². The Bertz CT molecular complexity index is 582. The van der Waals surface area contributed by atoms with Crippen LogP contribution in [-0.4, -0.2) is 77.1 Å². The molecular formula is C20H32N4O2. The molecule has 6 heteroatoms. The fourth-order valence-corrected chi connectivity index (χ4v) is 3.60. The first kappa shape index (κ1) is 19.0. The highest BCUT2D eigenvalue weighted by Gasteiger charge is 2.32.